The maximum absolute atomic E-state index is 13.4. The summed E-state index contributed by atoms with van der Waals surface area (Å²) in [5, 5.41) is 26.7. The molecule has 0 spiro atoms. The largest absolute Gasteiger partial charge is 0.544 e. The van der Waals surface area contributed by atoms with E-state index < -0.39 is 24.0 Å². The van der Waals surface area contributed by atoms with Gasteiger partial charge >= 0.3 is 0 Å². The van der Waals surface area contributed by atoms with E-state index in [0.29, 0.717) is 91.9 Å². The Bertz CT molecular complexity index is 2280. The number of hydrogen-bond donors (Lipinski definition) is 0. The SMILES string of the molecule is CCCCCCC(C(=O)[O-])[N+]1(C)CCc2cc(OC)c3cc2C1Cc1ccc(cc1)Oc1cc(ccc1OC)CC1c2c(cc(OC)cc2O3)CC[N+]1(C)C(CCCCCC)C(=O)[O-]. The minimum absolute atomic E-state index is 0.218. The molecule has 4 aromatic rings. The number of carbonyl (C=O) groups is 2. The van der Waals surface area contributed by atoms with Crippen molar-refractivity contribution in [3.63, 3.8) is 0 Å². The Morgan fingerprint density at radius 1 is 0.625 bits per heavy atom. The van der Waals surface area contributed by atoms with Crippen molar-refractivity contribution in [3.8, 4) is 40.2 Å². The van der Waals surface area contributed by atoms with Gasteiger partial charge in [0.15, 0.2) is 23.0 Å². The van der Waals surface area contributed by atoms with Gasteiger partial charge in [-0.1, -0.05) is 70.6 Å². The summed E-state index contributed by atoms with van der Waals surface area (Å²) in [4.78, 5) is 26.7. The van der Waals surface area contributed by atoms with Gasteiger partial charge in [-0.2, -0.15) is 0 Å². The number of carboxylic acids is 2. The van der Waals surface area contributed by atoms with Crippen LogP contribution >= 0.6 is 0 Å². The first kappa shape index (κ1) is 46.7. The fourth-order valence-electron chi connectivity index (χ4n) is 11.0. The third kappa shape index (κ3) is 9.57. The molecule has 0 saturated carbocycles. The zero-order chi connectivity index (χ0) is 45.6. The number of quaternary nitrogens is 2. The maximum Gasteiger partial charge on any atom is 0.169 e. The quantitative estimate of drug-likeness (QED) is 0.0760. The minimum atomic E-state index is -1.05. The fourth-order valence-corrected chi connectivity index (χ4v) is 11.0. The number of aliphatic carboxylic acids is 2. The molecular formula is C53H68N2O9. The van der Waals surface area contributed by atoms with E-state index in [1.807, 2.05) is 36.4 Å². The number of fused-ring (bicyclic) bond motifs is 2. The highest BCUT2D eigenvalue weighted by atomic mass is 16.5. The Morgan fingerprint density at radius 3 is 1.80 bits per heavy atom. The second-order valence-corrected chi connectivity index (χ2v) is 18.7. The van der Waals surface area contributed by atoms with Crippen molar-refractivity contribution in [1.29, 1.82) is 0 Å². The molecule has 6 bridgehead atoms. The average Bonchev–Trinajstić information content (AvgIpc) is 3.28. The van der Waals surface area contributed by atoms with E-state index in [0.717, 1.165) is 84.7 Å². The molecule has 64 heavy (non-hydrogen) atoms. The molecule has 6 atom stereocenters. The molecule has 344 valence electrons. The van der Waals surface area contributed by atoms with Gasteiger partial charge in [0, 0.05) is 50.2 Å². The Morgan fingerprint density at radius 2 is 1.20 bits per heavy atom. The summed E-state index contributed by atoms with van der Waals surface area (Å²) in [6.45, 7) is 5.50. The molecule has 11 heteroatoms. The van der Waals surface area contributed by atoms with Crippen molar-refractivity contribution in [2.24, 2.45) is 0 Å². The first-order valence-electron chi connectivity index (χ1n) is 23.5. The van der Waals surface area contributed by atoms with Crippen LogP contribution in [0.2, 0.25) is 0 Å². The van der Waals surface area contributed by atoms with Crippen LogP contribution in [0.4, 0.5) is 0 Å². The Labute approximate surface area is 380 Å². The van der Waals surface area contributed by atoms with E-state index in [1.165, 1.54) is 0 Å². The van der Waals surface area contributed by atoms with Gasteiger partial charge in [0.05, 0.1) is 66.0 Å². The number of nitrogens with zero attached hydrogens (tertiary/aromatic N) is 2. The molecular weight excluding hydrogens is 809 g/mol. The van der Waals surface area contributed by atoms with E-state index in [2.05, 4.69) is 58.3 Å². The van der Waals surface area contributed by atoms with Crippen LogP contribution < -0.4 is 33.9 Å². The van der Waals surface area contributed by atoms with Gasteiger partial charge in [-0.25, -0.2) is 0 Å². The van der Waals surface area contributed by atoms with Crippen molar-refractivity contribution < 1.29 is 52.5 Å². The highest BCUT2D eigenvalue weighted by Crippen LogP contribution is 2.51. The topological polar surface area (TPSA) is 126 Å². The van der Waals surface area contributed by atoms with Crippen molar-refractivity contribution >= 4 is 11.9 Å². The third-order valence-corrected chi connectivity index (χ3v) is 14.8. The number of benzene rings is 4. The molecule has 4 aliphatic rings. The minimum Gasteiger partial charge on any atom is -0.544 e. The molecule has 0 radical (unpaired) electrons. The lowest BCUT2D eigenvalue weighted by Gasteiger charge is -2.51. The number of unbranched alkanes of at least 4 members (excludes halogenated alkanes) is 6. The summed E-state index contributed by atoms with van der Waals surface area (Å²) in [5.74, 6) is 1.91. The second kappa shape index (κ2) is 20.3. The van der Waals surface area contributed by atoms with E-state index in [1.54, 1.807) is 21.3 Å². The molecule has 0 amide bonds. The van der Waals surface area contributed by atoms with Crippen LogP contribution in [0.3, 0.4) is 0 Å². The molecule has 4 aliphatic heterocycles. The summed E-state index contributed by atoms with van der Waals surface area (Å²) in [7, 11) is 9.05. The highest BCUT2D eigenvalue weighted by Gasteiger charge is 2.48. The fraction of sp³-hybridized carbons (Fsp3) is 0.509. The van der Waals surface area contributed by atoms with Gasteiger partial charge in [-0.05, 0) is 77.6 Å². The van der Waals surface area contributed by atoms with Crippen molar-refractivity contribution in [2.75, 3.05) is 48.5 Å². The summed E-state index contributed by atoms with van der Waals surface area (Å²) in [5.41, 5.74) is 6.01. The van der Waals surface area contributed by atoms with Crippen LogP contribution in [0.25, 0.3) is 0 Å². The molecule has 4 aromatic carbocycles. The number of hydrogen-bond acceptors (Lipinski definition) is 9. The Hall–Kier alpha value is -5.26. The molecule has 0 aromatic heterocycles. The van der Waals surface area contributed by atoms with Gasteiger partial charge in [-0.3, -0.25) is 0 Å². The number of rotatable bonds is 17. The molecule has 4 heterocycles. The lowest BCUT2D eigenvalue weighted by atomic mass is 9.83. The van der Waals surface area contributed by atoms with Crippen LogP contribution in [0, 0.1) is 0 Å². The third-order valence-electron chi connectivity index (χ3n) is 14.8. The van der Waals surface area contributed by atoms with Gasteiger partial charge < -0.3 is 52.5 Å². The predicted octanol–water partition coefficient (Wildman–Crippen LogP) is 8.36. The highest BCUT2D eigenvalue weighted by molar-refractivity contribution is 5.70. The number of carboxylic acid groups (broad SMARTS) is 2. The van der Waals surface area contributed by atoms with E-state index in [-0.39, 0.29) is 21.0 Å². The second-order valence-electron chi connectivity index (χ2n) is 18.7. The van der Waals surface area contributed by atoms with Crippen molar-refractivity contribution in [2.45, 2.75) is 128 Å². The van der Waals surface area contributed by atoms with Crippen LogP contribution in [-0.4, -0.2) is 81.5 Å². The van der Waals surface area contributed by atoms with Crippen LogP contribution in [0.15, 0.2) is 66.7 Å². The first-order valence-corrected chi connectivity index (χ1v) is 23.5. The number of ether oxygens (including phenoxy) is 5. The summed E-state index contributed by atoms with van der Waals surface area (Å²) in [6.07, 6.45) is 11.0. The Balaban J connectivity index is 1.46. The molecule has 6 unspecified atom stereocenters. The smallest absolute Gasteiger partial charge is 0.169 e. The predicted molar refractivity (Wildman–Crippen MR) is 243 cm³/mol. The molecule has 0 N–H and O–H groups in total. The van der Waals surface area contributed by atoms with Gasteiger partial charge in [0.25, 0.3) is 0 Å². The zero-order valence-corrected chi connectivity index (χ0v) is 39.0. The van der Waals surface area contributed by atoms with Crippen LogP contribution in [-0.2, 0) is 35.3 Å². The number of carbonyl (C=O) groups excluding carboxylic acids is 2. The summed E-state index contributed by atoms with van der Waals surface area (Å²) in [6, 6.07) is 19.9. The van der Waals surface area contributed by atoms with Gasteiger partial charge in [0.2, 0.25) is 0 Å². The molecule has 0 saturated heterocycles. The lowest BCUT2D eigenvalue weighted by Crippen LogP contribution is -2.63. The van der Waals surface area contributed by atoms with Crippen molar-refractivity contribution in [3.05, 3.63) is 100 Å². The lowest BCUT2D eigenvalue weighted by molar-refractivity contribution is -0.958. The van der Waals surface area contributed by atoms with E-state index in [4.69, 9.17) is 23.7 Å². The molecule has 0 fully saturated rings. The number of likely N-dealkylation sites (N-methyl/N-ethyl adjacent to an activating group) is 2. The maximum atomic E-state index is 13.4. The Kier molecular flexibility index (Phi) is 14.8. The molecule has 8 rings (SSSR count). The molecule has 0 aliphatic carbocycles. The van der Waals surface area contributed by atoms with Crippen molar-refractivity contribution in [1.82, 2.24) is 0 Å². The van der Waals surface area contributed by atoms with Crippen LogP contribution in [0.5, 0.6) is 40.2 Å². The van der Waals surface area contributed by atoms with Gasteiger partial charge in [0.1, 0.15) is 41.4 Å². The number of methoxy groups -OCH3 is 3. The monoisotopic (exact) mass is 876 g/mol. The standard InChI is InChI=1S/C53H68N2O9/c1-8-10-12-14-16-42(52(56)57)54(3)26-24-37-32-47(62-7)49-34-41(37)44(54)28-35-18-21-39(22-19-35)63-48-30-36(20-23-46(48)61-6)29-45-51-38(31-40(60-5)33-50(51)64-49)25-27-55(45,4)43(53(58)59)17-15-13-11-9-2/h18-23,30-34,42-45H,8-17,24-29H2,1-7H3. The zero-order valence-electron chi connectivity index (χ0n) is 39.0. The summed E-state index contributed by atoms with van der Waals surface area (Å²) >= 11 is 0. The van der Waals surface area contributed by atoms with Crippen LogP contribution in [0.1, 0.15) is 124 Å². The normalized spacial score (nSPS) is 22.1. The van der Waals surface area contributed by atoms with Gasteiger partial charge in [-0.15, -0.1) is 0 Å². The van der Waals surface area contributed by atoms with E-state index >= 15 is 0 Å². The summed E-state index contributed by atoms with van der Waals surface area (Å²) < 4.78 is 32.1. The molecule has 11 nitrogen and oxygen atoms in total. The first-order chi connectivity index (χ1) is 30.9. The average molecular weight is 877 g/mol. The van der Waals surface area contributed by atoms with E-state index in [9.17, 15) is 19.8 Å².